The molecule has 0 saturated carbocycles. The maximum atomic E-state index is 13.1. The van der Waals surface area contributed by atoms with Crippen LogP contribution in [0.3, 0.4) is 0 Å². The number of benzene rings is 1. The Morgan fingerprint density at radius 3 is 2.70 bits per heavy atom. The fourth-order valence-corrected chi connectivity index (χ4v) is 3.29. The average Bonchev–Trinajstić information content (AvgIpc) is 2.93. The second-order valence-electron chi connectivity index (χ2n) is 5.61. The first-order chi connectivity index (χ1) is 9.72. The summed E-state index contributed by atoms with van der Waals surface area (Å²) in [6.07, 6.45) is 1.18. The van der Waals surface area contributed by atoms with Gasteiger partial charge in [-0.1, -0.05) is 11.6 Å². The van der Waals surface area contributed by atoms with Crippen LogP contribution in [0.2, 0.25) is 5.02 Å². The van der Waals surface area contributed by atoms with Crippen molar-refractivity contribution in [3.63, 3.8) is 0 Å². The van der Waals surface area contributed by atoms with Gasteiger partial charge in [0.05, 0.1) is 17.3 Å². The third-order valence-electron chi connectivity index (χ3n) is 4.16. The van der Waals surface area contributed by atoms with E-state index < -0.39 is 0 Å². The fraction of sp³-hybridized carbons (Fsp3) is 0.600. The quantitative estimate of drug-likeness (QED) is 0.853. The van der Waals surface area contributed by atoms with Crippen molar-refractivity contribution >= 4 is 17.3 Å². The number of halogens is 2. The van der Waals surface area contributed by atoms with Crippen molar-refractivity contribution in [3.05, 3.63) is 29.0 Å². The molecule has 2 aliphatic heterocycles. The normalized spacial score (nSPS) is 24.3. The molecule has 0 unspecified atom stereocenters. The van der Waals surface area contributed by atoms with Gasteiger partial charge in [-0.05, 0) is 30.5 Å². The van der Waals surface area contributed by atoms with Crippen LogP contribution < -0.4 is 4.90 Å². The van der Waals surface area contributed by atoms with Crippen LogP contribution in [0.5, 0.6) is 0 Å². The van der Waals surface area contributed by atoms with Crippen molar-refractivity contribution in [1.29, 1.82) is 0 Å². The lowest BCUT2D eigenvalue weighted by molar-refractivity contribution is 0.164. The molecule has 2 heterocycles. The summed E-state index contributed by atoms with van der Waals surface area (Å²) >= 11 is 6.12. The van der Waals surface area contributed by atoms with E-state index in [2.05, 4.69) is 9.80 Å². The lowest BCUT2D eigenvalue weighted by atomic mass is 10.1. The molecule has 2 saturated heterocycles. The number of nitrogens with zero attached hydrogens (tertiary/aromatic N) is 2. The summed E-state index contributed by atoms with van der Waals surface area (Å²) in [5, 5.41) is 0.502. The summed E-state index contributed by atoms with van der Waals surface area (Å²) < 4.78 is 18.5. The Balaban J connectivity index is 1.55. The molecule has 0 amide bonds. The number of anilines is 1. The molecule has 0 N–H and O–H groups in total. The van der Waals surface area contributed by atoms with Crippen molar-refractivity contribution in [2.75, 3.05) is 50.8 Å². The Morgan fingerprint density at radius 1 is 1.25 bits per heavy atom. The van der Waals surface area contributed by atoms with Gasteiger partial charge in [-0.25, -0.2) is 4.39 Å². The van der Waals surface area contributed by atoms with Gasteiger partial charge in [0.2, 0.25) is 0 Å². The molecule has 0 radical (unpaired) electrons. The van der Waals surface area contributed by atoms with Gasteiger partial charge < -0.3 is 9.64 Å². The van der Waals surface area contributed by atoms with Gasteiger partial charge in [-0.15, -0.1) is 0 Å². The van der Waals surface area contributed by atoms with Gasteiger partial charge in [0.25, 0.3) is 0 Å². The van der Waals surface area contributed by atoms with Gasteiger partial charge >= 0.3 is 0 Å². The van der Waals surface area contributed by atoms with E-state index >= 15 is 0 Å². The smallest absolute Gasteiger partial charge is 0.124 e. The van der Waals surface area contributed by atoms with Crippen molar-refractivity contribution in [2.45, 2.75) is 6.42 Å². The summed E-state index contributed by atoms with van der Waals surface area (Å²) in [5.41, 5.74) is 0.942. The molecule has 1 atom stereocenters. The van der Waals surface area contributed by atoms with E-state index in [9.17, 15) is 4.39 Å². The van der Waals surface area contributed by atoms with E-state index in [4.69, 9.17) is 16.3 Å². The molecule has 1 aromatic carbocycles. The highest BCUT2D eigenvalue weighted by Gasteiger charge is 2.23. The monoisotopic (exact) mass is 298 g/mol. The van der Waals surface area contributed by atoms with Crippen LogP contribution in [0.15, 0.2) is 18.2 Å². The largest absolute Gasteiger partial charge is 0.381 e. The number of piperazine rings is 1. The number of hydrogen-bond acceptors (Lipinski definition) is 3. The molecule has 1 aromatic rings. The number of ether oxygens (including phenoxy) is 1. The molecule has 2 aliphatic rings. The van der Waals surface area contributed by atoms with E-state index in [-0.39, 0.29) is 5.82 Å². The first kappa shape index (κ1) is 14.1. The van der Waals surface area contributed by atoms with Crippen molar-refractivity contribution in [1.82, 2.24) is 4.90 Å². The Hall–Kier alpha value is -0.840. The van der Waals surface area contributed by atoms with Crippen molar-refractivity contribution in [2.24, 2.45) is 5.92 Å². The van der Waals surface area contributed by atoms with Crippen molar-refractivity contribution in [3.8, 4) is 0 Å². The summed E-state index contributed by atoms with van der Waals surface area (Å²) in [4.78, 5) is 4.73. The van der Waals surface area contributed by atoms with Crippen LogP contribution >= 0.6 is 11.6 Å². The topological polar surface area (TPSA) is 15.7 Å². The molecule has 3 rings (SSSR count). The van der Waals surface area contributed by atoms with Crippen molar-refractivity contribution < 1.29 is 9.13 Å². The molecule has 0 aliphatic carbocycles. The van der Waals surface area contributed by atoms with E-state index in [0.717, 1.165) is 51.6 Å². The summed E-state index contributed by atoms with van der Waals surface area (Å²) in [6, 6.07) is 4.64. The van der Waals surface area contributed by atoms with Gasteiger partial charge in [-0.3, -0.25) is 4.90 Å². The molecular formula is C15H20ClFN2O. The van der Waals surface area contributed by atoms with E-state index in [1.165, 1.54) is 18.6 Å². The summed E-state index contributed by atoms with van der Waals surface area (Å²) in [5.74, 6) is 0.412. The highest BCUT2D eigenvalue weighted by atomic mass is 35.5. The third kappa shape index (κ3) is 3.25. The highest BCUT2D eigenvalue weighted by molar-refractivity contribution is 6.33. The molecular weight excluding hydrogens is 279 g/mol. The SMILES string of the molecule is Fc1ccc(N2CCN(C[C@H]3CCOC3)CC2)c(Cl)c1. The first-order valence-electron chi connectivity index (χ1n) is 7.22. The summed E-state index contributed by atoms with van der Waals surface area (Å²) in [7, 11) is 0. The Bertz CT molecular complexity index is 457. The first-order valence-corrected chi connectivity index (χ1v) is 7.60. The van der Waals surface area contributed by atoms with Gasteiger partial charge in [0.1, 0.15) is 5.82 Å². The summed E-state index contributed by atoms with van der Waals surface area (Å²) in [6.45, 7) is 6.90. The fourth-order valence-electron chi connectivity index (χ4n) is 3.00. The maximum Gasteiger partial charge on any atom is 0.124 e. The molecule has 5 heteroatoms. The van der Waals surface area contributed by atoms with Crippen LogP contribution in [-0.2, 0) is 4.74 Å². The molecule has 20 heavy (non-hydrogen) atoms. The zero-order valence-electron chi connectivity index (χ0n) is 11.5. The van der Waals surface area contributed by atoms with Gasteiger partial charge in [0.15, 0.2) is 0 Å². The standard InChI is InChI=1S/C15H20ClFN2O/c16-14-9-13(17)1-2-15(14)19-6-4-18(5-7-19)10-12-3-8-20-11-12/h1-2,9,12H,3-8,10-11H2/t12-/m1/s1. The Kier molecular flexibility index (Phi) is 4.44. The Labute approximate surface area is 124 Å². The second-order valence-corrected chi connectivity index (χ2v) is 6.02. The second kappa shape index (κ2) is 6.29. The van der Waals surface area contributed by atoms with Crippen LogP contribution in [0.1, 0.15) is 6.42 Å². The average molecular weight is 299 g/mol. The van der Waals surface area contributed by atoms with E-state index in [1.807, 2.05) is 0 Å². The molecule has 3 nitrogen and oxygen atoms in total. The predicted molar refractivity (Wildman–Crippen MR) is 79.0 cm³/mol. The van der Waals surface area contributed by atoms with Gasteiger partial charge in [-0.2, -0.15) is 0 Å². The minimum absolute atomic E-state index is 0.279. The van der Waals surface area contributed by atoms with Crippen LogP contribution in [0.4, 0.5) is 10.1 Å². The Morgan fingerprint density at radius 2 is 2.05 bits per heavy atom. The number of rotatable bonds is 3. The van der Waals surface area contributed by atoms with Gasteiger partial charge in [0, 0.05) is 39.3 Å². The minimum atomic E-state index is -0.279. The third-order valence-corrected chi connectivity index (χ3v) is 4.47. The predicted octanol–water partition coefficient (Wildman–Crippen LogP) is 2.64. The molecule has 0 aromatic heterocycles. The molecule has 2 fully saturated rings. The lowest BCUT2D eigenvalue weighted by Crippen LogP contribution is -2.48. The zero-order valence-corrected chi connectivity index (χ0v) is 12.3. The minimum Gasteiger partial charge on any atom is -0.381 e. The van der Waals surface area contributed by atoms with E-state index in [0.29, 0.717) is 10.9 Å². The molecule has 0 bridgehead atoms. The molecule has 0 spiro atoms. The van der Waals surface area contributed by atoms with Crippen LogP contribution in [-0.4, -0.2) is 50.8 Å². The maximum absolute atomic E-state index is 13.1. The van der Waals surface area contributed by atoms with Crippen LogP contribution in [0.25, 0.3) is 0 Å². The van der Waals surface area contributed by atoms with E-state index in [1.54, 1.807) is 6.07 Å². The number of hydrogen-bond donors (Lipinski definition) is 0. The highest BCUT2D eigenvalue weighted by Crippen LogP contribution is 2.27. The zero-order chi connectivity index (χ0) is 13.9. The lowest BCUT2D eigenvalue weighted by Gasteiger charge is -2.37. The molecule has 110 valence electrons. The van der Waals surface area contributed by atoms with Crippen LogP contribution in [0, 0.1) is 11.7 Å².